The van der Waals surface area contributed by atoms with Gasteiger partial charge in [-0.05, 0) is 17.8 Å². The molecule has 0 saturated carbocycles. The predicted molar refractivity (Wildman–Crippen MR) is 78.2 cm³/mol. The Bertz CT molecular complexity index is 376. The van der Waals surface area contributed by atoms with E-state index in [2.05, 4.69) is 53.6 Å². The number of methoxy groups -OCH3 is 1. The third kappa shape index (κ3) is 4.92. The zero-order valence-electron chi connectivity index (χ0n) is 11.9. The molecule has 18 heavy (non-hydrogen) atoms. The fourth-order valence-electron chi connectivity index (χ4n) is 1.65. The number of aromatic nitrogens is 2. The highest BCUT2D eigenvalue weighted by atomic mass is 79.9. The largest absolute Gasteiger partial charge is 0.481 e. The maximum Gasteiger partial charge on any atom is 0.216 e. The van der Waals surface area contributed by atoms with Gasteiger partial charge in [0.05, 0.1) is 7.11 Å². The highest BCUT2D eigenvalue weighted by Crippen LogP contribution is 2.31. The fourth-order valence-corrected chi connectivity index (χ4v) is 2.54. The third-order valence-corrected chi connectivity index (χ3v) is 4.12. The van der Waals surface area contributed by atoms with Crippen LogP contribution in [-0.4, -0.2) is 21.9 Å². The molecule has 0 N–H and O–H groups in total. The molecule has 0 aromatic carbocycles. The minimum Gasteiger partial charge on any atom is -0.481 e. The van der Waals surface area contributed by atoms with Gasteiger partial charge in [0.25, 0.3) is 0 Å². The average molecular weight is 315 g/mol. The first-order valence-corrected chi connectivity index (χ1v) is 7.23. The molecule has 1 aromatic heterocycles. The molecule has 0 radical (unpaired) electrons. The summed E-state index contributed by atoms with van der Waals surface area (Å²) in [5, 5.41) is 0. The average Bonchev–Trinajstić information content (AvgIpc) is 2.27. The van der Waals surface area contributed by atoms with Crippen molar-refractivity contribution in [2.24, 2.45) is 11.3 Å². The molecular weight excluding hydrogens is 292 g/mol. The highest BCUT2D eigenvalue weighted by Gasteiger charge is 2.22. The van der Waals surface area contributed by atoms with Crippen LogP contribution >= 0.6 is 15.9 Å². The van der Waals surface area contributed by atoms with Gasteiger partial charge in [-0.25, -0.2) is 9.97 Å². The van der Waals surface area contributed by atoms with E-state index in [1.54, 1.807) is 13.4 Å². The molecule has 0 fully saturated rings. The molecule has 0 bridgehead atoms. The number of nitrogens with zero attached hydrogens (tertiary/aromatic N) is 2. The smallest absolute Gasteiger partial charge is 0.216 e. The number of rotatable bonds is 5. The van der Waals surface area contributed by atoms with Gasteiger partial charge in [-0.1, -0.05) is 43.6 Å². The van der Waals surface area contributed by atoms with Crippen molar-refractivity contribution in [2.45, 2.75) is 45.4 Å². The Morgan fingerprint density at radius 1 is 1.33 bits per heavy atom. The molecule has 0 aliphatic heterocycles. The molecule has 0 saturated heterocycles. The minimum atomic E-state index is 0.343. The van der Waals surface area contributed by atoms with Crippen LogP contribution < -0.4 is 4.74 Å². The van der Waals surface area contributed by atoms with E-state index < -0.39 is 0 Å². The second-order valence-corrected chi connectivity index (χ2v) is 7.15. The van der Waals surface area contributed by atoms with Crippen LogP contribution in [0.5, 0.6) is 5.88 Å². The van der Waals surface area contributed by atoms with E-state index >= 15 is 0 Å². The lowest BCUT2D eigenvalue weighted by atomic mass is 9.79. The van der Waals surface area contributed by atoms with E-state index in [-0.39, 0.29) is 0 Å². The maximum atomic E-state index is 5.11. The van der Waals surface area contributed by atoms with Gasteiger partial charge in [0.15, 0.2) is 0 Å². The zero-order chi connectivity index (χ0) is 13.8. The zero-order valence-corrected chi connectivity index (χ0v) is 13.5. The third-order valence-electron chi connectivity index (χ3n) is 3.43. The summed E-state index contributed by atoms with van der Waals surface area (Å²) in [5.74, 6) is 1.29. The monoisotopic (exact) mass is 314 g/mol. The van der Waals surface area contributed by atoms with Crippen molar-refractivity contribution in [1.29, 1.82) is 0 Å². The standard InChI is InChI=1S/C14H23BrN2O/c1-10(14(2,3)4)6-11(15)7-12-8-13(18-5)17-9-16-12/h8-11H,6-7H2,1-5H3. The van der Waals surface area contributed by atoms with Crippen molar-refractivity contribution < 1.29 is 4.74 Å². The molecule has 4 heteroatoms. The molecule has 0 amide bonds. The van der Waals surface area contributed by atoms with Gasteiger partial charge in [-0.15, -0.1) is 0 Å². The lowest BCUT2D eigenvalue weighted by Gasteiger charge is -2.29. The van der Waals surface area contributed by atoms with E-state index in [1.165, 1.54) is 0 Å². The summed E-state index contributed by atoms with van der Waals surface area (Å²) >= 11 is 3.75. The Labute approximate surface area is 119 Å². The predicted octanol–water partition coefficient (Wildman–Crippen LogP) is 3.86. The number of halogens is 1. The van der Waals surface area contributed by atoms with Crippen LogP contribution in [0.1, 0.15) is 39.8 Å². The molecule has 3 nitrogen and oxygen atoms in total. The normalized spacial score (nSPS) is 15.2. The van der Waals surface area contributed by atoms with Gasteiger partial charge in [-0.2, -0.15) is 0 Å². The SMILES string of the molecule is COc1cc(CC(Br)CC(C)C(C)(C)C)ncn1. The number of hydrogen-bond acceptors (Lipinski definition) is 3. The fraction of sp³-hybridized carbons (Fsp3) is 0.714. The second-order valence-electron chi connectivity index (χ2n) is 5.86. The molecule has 1 heterocycles. The van der Waals surface area contributed by atoms with E-state index in [1.807, 2.05) is 6.07 Å². The van der Waals surface area contributed by atoms with Crippen LogP contribution in [0, 0.1) is 11.3 Å². The molecule has 2 unspecified atom stereocenters. The number of hydrogen-bond donors (Lipinski definition) is 0. The maximum absolute atomic E-state index is 5.11. The summed E-state index contributed by atoms with van der Waals surface area (Å²) in [6, 6.07) is 1.90. The molecule has 0 aliphatic carbocycles. The lowest BCUT2D eigenvalue weighted by Crippen LogP contribution is -2.21. The van der Waals surface area contributed by atoms with Crippen LogP contribution in [-0.2, 0) is 6.42 Å². The molecule has 0 spiro atoms. The van der Waals surface area contributed by atoms with Crippen LogP contribution in [0.2, 0.25) is 0 Å². The topological polar surface area (TPSA) is 35.0 Å². The molecule has 2 atom stereocenters. The summed E-state index contributed by atoms with van der Waals surface area (Å²) in [4.78, 5) is 8.73. The van der Waals surface area contributed by atoms with E-state index in [0.717, 1.165) is 18.5 Å². The molecule has 1 rings (SSSR count). The van der Waals surface area contributed by atoms with Gasteiger partial charge in [0, 0.05) is 23.0 Å². The van der Waals surface area contributed by atoms with Crippen molar-refractivity contribution >= 4 is 15.9 Å². The first kappa shape index (κ1) is 15.4. The molecule has 0 aliphatic rings. The summed E-state index contributed by atoms with van der Waals surface area (Å²) in [5.41, 5.74) is 1.36. The van der Waals surface area contributed by atoms with E-state index in [9.17, 15) is 0 Å². The Morgan fingerprint density at radius 2 is 2.00 bits per heavy atom. The van der Waals surface area contributed by atoms with Gasteiger partial charge in [-0.3, -0.25) is 0 Å². The number of ether oxygens (including phenoxy) is 1. The van der Waals surface area contributed by atoms with Gasteiger partial charge in [0.1, 0.15) is 6.33 Å². The quantitative estimate of drug-likeness (QED) is 0.774. The lowest BCUT2D eigenvalue weighted by molar-refractivity contribution is 0.246. The van der Waals surface area contributed by atoms with Gasteiger partial charge >= 0.3 is 0 Å². The van der Waals surface area contributed by atoms with Crippen LogP contribution in [0.25, 0.3) is 0 Å². The molecular formula is C14H23BrN2O. The Hall–Kier alpha value is -0.640. The second kappa shape index (κ2) is 6.50. The Kier molecular flexibility index (Phi) is 5.57. The van der Waals surface area contributed by atoms with Crippen molar-refractivity contribution in [3.05, 3.63) is 18.1 Å². The van der Waals surface area contributed by atoms with E-state index in [4.69, 9.17) is 4.74 Å². The summed E-state index contributed by atoms with van der Waals surface area (Å²) in [6.45, 7) is 9.15. The van der Waals surface area contributed by atoms with Crippen molar-refractivity contribution in [3.63, 3.8) is 0 Å². The molecule has 102 valence electrons. The number of alkyl halides is 1. The first-order chi connectivity index (χ1) is 8.32. The van der Waals surface area contributed by atoms with Crippen LogP contribution in [0.4, 0.5) is 0 Å². The Balaban J connectivity index is 2.56. The summed E-state index contributed by atoms with van der Waals surface area (Å²) in [6.07, 6.45) is 3.59. The van der Waals surface area contributed by atoms with Gasteiger partial charge < -0.3 is 4.74 Å². The van der Waals surface area contributed by atoms with Crippen molar-refractivity contribution in [3.8, 4) is 5.88 Å². The first-order valence-electron chi connectivity index (χ1n) is 6.32. The summed E-state index contributed by atoms with van der Waals surface area (Å²) < 4.78 is 5.11. The highest BCUT2D eigenvalue weighted by molar-refractivity contribution is 9.09. The van der Waals surface area contributed by atoms with Gasteiger partial charge in [0.2, 0.25) is 5.88 Å². The van der Waals surface area contributed by atoms with Crippen LogP contribution in [0.15, 0.2) is 12.4 Å². The minimum absolute atomic E-state index is 0.343. The van der Waals surface area contributed by atoms with Crippen molar-refractivity contribution in [1.82, 2.24) is 9.97 Å². The van der Waals surface area contributed by atoms with Crippen molar-refractivity contribution in [2.75, 3.05) is 7.11 Å². The summed E-state index contributed by atoms with van der Waals surface area (Å²) in [7, 11) is 1.62. The Morgan fingerprint density at radius 3 is 2.56 bits per heavy atom. The van der Waals surface area contributed by atoms with Crippen LogP contribution in [0.3, 0.4) is 0 Å². The molecule has 1 aromatic rings. The van der Waals surface area contributed by atoms with E-state index in [0.29, 0.717) is 22.0 Å².